The number of hydrogen-bond donors (Lipinski definition) is 0. The van der Waals surface area contributed by atoms with Crippen LogP contribution in [0.5, 0.6) is 0 Å². The molecule has 0 bridgehead atoms. The van der Waals surface area contributed by atoms with Crippen molar-refractivity contribution in [2.45, 2.75) is 27.7 Å². The molecule has 4 nitrogen and oxygen atoms in total. The van der Waals surface area contributed by atoms with Crippen LogP contribution in [0.4, 0.5) is 5.69 Å². The van der Waals surface area contributed by atoms with Gasteiger partial charge in [-0.05, 0) is 81.3 Å². The van der Waals surface area contributed by atoms with E-state index in [1.165, 1.54) is 10.5 Å². The highest BCUT2D eigenvalue weighted by molar-refractivity contribution is 6.43. The topological polar surface area (TPSA) is 42.3 Å². The molecule has 2 amide bonds. The van der Waals surface area contributed by atoms with Crippen molar-refractivity contribution in [3.05, 3.63) is 118 Å². The molecule has 0 N–H and O–H groups in total. The Morgan fingerprint density at radius 1 is 0.647 bits per heavy atom. The molecule has 0 saturated carbocycles. The molecule has 4 aromatic rings. The summed E-state index contributed by atoms with van der Waals surface area (Å²) in [6.07, 6.45) is 1.92. The van der Waals surface area contributed by atoms with Crippen molar-refractivity contribution in [3.8, 4) is 5.69 Å². The van der Waals surface area contributed by atoms with E-state index in [1.807, 2.05) is 55.5 Å². The maximum atomic E-state index is 13.7. The molecule has 0 fully saturated rings. The molecular formula is C30H26N2O2. The van der Waals surface area contributed by atoms with E-state index in [0.717, 1.165) is 28.2 Å². The lowest BCUT2D eigenvalue weighted by Gasteiger charge is -2.28. The number of amides is 2. The van der Waals surface area contributed by atoms with E-state index in [2.05, 4.69) is 55.7 Å². The number of nitrogens with zero attached hydrogens (tertiary/aromatic N) is 2. The fraction of sp³-hybridized carbons (Fsp3) is 0.133. The van der Waals surface area contributed by atoms with Gasteiger partial charge < -0.3 is 4.57 Å². The molecule has 34 heavy (non-hydrogen) atoms. The smallest absolute Gasteiger partial charge is 0.265 e. The summed E-state index contributed by atoms with van der Waals surface area (Å²) in [4.78, 5) is 28.3. The van der Waals surface area contributed by atoms with Crippen LogP contribution in [0.15, 0.2) is 78.9 Å². The van der Waals surface area contributed by atoms with Crippen LogP contribution in [0, 0.1) is 27.7 Å². The molecule has 3 aromatic carbocycles. The number of hydrogen-bond acceptors (Lipinski definition) is 2. The number of carbonyl (C=O) groups excluding carboxylic acids is 2. The zero-order chi connectivity index (χ0) is 24.0. The van der Waals surface area contributed by atoms with Gasteiger partial charge in [-0.3, -0.25) is 9.59 Å². The second-order valence-electron chi connectivity index (χ2n) is 8.88. The molecule has 1 aliphatic rings. The number of imide groups is 1. The molecule has 0 radical (unpaired) electrons. The first-order chi connectivity index (χ1) is 16.3. The van der Waals surface area contributed by atoms with Gasteiger partial charge in [0.15, 0.2) is 0 Å². The number of benzene rings is 3. The Balaban J connectivity index is 1.66. The summed E-state index contributed by atoms with van der Waals surface area (Å²) in [6, 6.07) is 25.3. The van der Waals surface area contributed by atoms with Crippen LogP contribution in [0.1, 0.15) is 44.0 Å². The average Bonchev–Trinajstić information content (AvgIpc) is 3.11. The van der Waals surface area contributed by atoms with E-state index >= 15 is 0 Å². The van der Waals surface area contributed by atoms with Crippen molar-refractivity contribution in [1.29, 1.82) is 0 Å². The minimum Gasteiger partial charge on any atom is -0.318 e. The summed E-state index contributed by atoms with van der Waals surface area (Å²) in [5.74, 6) is -0.612. The lowest BCUT2D eigenvalue weighted by atomic mass is 9.91. The molecule has 4 heteroatoms. The summed E-state index contributed by atoms with van der Waals surface area (Å²) >= 11 is 0. The van der Waals surface area contributed by atoms with E-state index in [-0.39, 0.29) is 11.8 Å². The summed E-state index contributed by atoms with van der Waals surface area (Å²) in [5.41, 5.74) is 8.72. The van der Waals surface area contributed by atoms with Crippen LogP contribution < -0.4 is 4.90 Å². The number of anilines is 1. The van der Waals surface area contributed by atoms with E-state index in [4.69, 9.17) is 0 Å². The van der Waals surface area contributed by atoms with Crippen molar-refractivity contribution >= 4 is 29.2 Å². The SMILES string of the molecule is Cc1ccc(N2C(=O)/C(=C\c3cc(C)n(-c4ccc(C)cc4)c3C)c3ccccc3C2=O)cc1. The number of fused-ring (bicyclic) bond motifs is 1. The minimum absolute atomic E-state index is 0.299. The summed E-state index contributed by atoms with van der Waals surface area (Å²) in [6.45, 7) is 8.17. The molecular weight excluding hydrogens is 420 g/mol. The van der Waals surface area contributed by atoms with Gasteiger partial charge in [-0.2, -0.15) is 0 Å². The summed E-state index contributed by atoms with van der Waals surface area (Å²) in [5, 5.41) is 0. The molecule has 0 spiro atoms. The lowest BCUT2D eigenvalue weighted by Crippen LogP contribution is -2.41. The Bertz CT molecular complexity index is 1450. The van der Waals surface area contributed by atoms with Crippen molar-refractivity contribution < 1.29 is 9.59 Å². The van der Waals surface area contributed by atoms with E-state index < -0.39 is 0 Å². The first-order valence-electron chi connectivity index (χ1n) is 11.4. The van der Waals surface area contributed by atoms with Crippen LogP contribution in [-0.2, 0) is 4.79 Å². The van der Waals surface area contributed by atoms with Crippen LogP contribution in [0.2, 0.25) is 0 Å². The summed E-state index contributed by atoms with van der Waals surface area (Å²) in [7, 11) is 0. The molecule has 1 aliphatic heterocycles. The molecule has 5 rings (SSSR count). The van der Waals surface area contributed by atoms with Crippen molar-refractivity contribution in [2.75, 3.05) is 4.90 Å². The molecule has 1 aromatic heterocycles. The summed E-state index contributed by atoms with van der Waals surface area (Å²) < 4.78 is 2.19. The highest BCUT2D eigenvalue weighted by Crippen LogP contribution is 2.34. The average molecular weight is 447 g/mol. The molecule has 2 heterocycles. The zero-order valence-corrected chi connectivity index (χ0v) is 19.8. The Labute approximate surface area is 199 Å². The third-order valence-corrected chi connectivity index (χ3v) is 6.44. The third-order valence-electron chi connectivity index (χ3n) is 6.44. The number of rotatable bonds is 3. The highest BCUT2D eigenvalue weighted by atomic mass is 16.2. The van der Waals surface area contributed by atoms with Crippen LogP contribution in [0.3, 0.4) is 0 Å². The predicted molar refractivity (Wildman–Crippen MR) is 137 cm³/mol. The van der Waals surface area contributed by atoms with Gasteiger partial charge in [0.05, 0.1) is 5.69 Å². The van der Waals surface area contributed by atoms with Crippen LogP contribution >= 0.6 is 0 Å². The number of carbonyl (C=O) groups is 2. The van der Waals surface area contributed by atoms with Gasteiger partial charge in [-0.15, -0.1) is 0 Å². The highest BCUT2D eigenvalue weighted by Gasteiger charge is 2.35. The van der Waals surface area contributed by atoms with Crippen molar-refractivity contribution in [1.82, 2.24) is 4.57 Å². The van der Waals surface area contributed by atoms with Gasteiger partial charge >= 0.3 is 0 Å². The Kier molecular flexibility index (Phi) is 5.29. The van der Waals surface area contributed by atoms with Gasteiger partial charge in [0, 0.05) is 28.2 Å². The van der Waals surface area contributed by atoms with Gasteiger partial charge in [0.25, 0.3) is 11.8 Å². The van der Waals surface area contributed by atoms with Gasteiger partial charge in [0.1, 0.15) is 0 Å². The largest absolute Gasteiger partial charge is 0.318 e. The van der Waals surface area contributed by atoms with Crippen molar-refractivity contribution in [3.63, 3.8) is 0 Å². The first-order valence-corrected chi connectivity index (χ1v) is 11.4. The van der Waals surface area contributed by atoms with E-state index in [1.54, 1.807) is 6.07 Å². The van der Waals surface area contributed by atoms with Crippen LogP contribution in [0.25, 0.3) is 17.3 Å². The fourth-order valence-corrected chi connectivity index (χ4v) is 4.60. The molecule has 0 unspecified atom stereocenters. The quantitative estimate of drug-likeness (QED) is 0.268. The second-order valence-corrected chi connectivity index (χ2v) is 8.88. The Hall–Kier alpha value is -4.18. The molecule has 168 valence electrons. The first kappa shape index (κ1) is 21.7. The van der Waals surface area contributed by atoms with E-state index in [0.29, 0.717) is 22.4 Å². The third kappa shape index (κ3) is 3.57. The van der Waals surface area contributed by atoms with Crippen LogP contribution in [-0.4, -0.2) is 16.4 Å². The minimum atomic E-state index is -0.312. The monoisotopic (exact) mass is 446 g/mol. The standard InChI is InChI=1S/C30H26N2O2/c1-19-9-13-24(14-10-19)31-21(3)17-23(22(31)4)18-28-26-7-5-6-8-27(26)29(33)32(30(28)34)25-15-11-20(2)12-16-25/h5-18H,1-4H3/b28-18-. The maximum Gasteiger partial charge on any atom is 0.265 e. The number of aryl methyl sites for hydroxylation is 3. The van der Waals surface area contributed by atoms with Gasteiger partial charge in [0.2, 0.25) is 0 Å². The molecule has 0 atom stereocenters. The zero-order valence-electron chi connectivity index (χ0n) is 19.8. The number of aromatic nitrogens is 1. The fourth-order valence-electron chi connectivity index (χ4n) is 4.60. The van der Waals surface area contributed by atoms with E-state index in [9.17, 15) is 9.59 Å². The van der Waals surface area contributed by atoms with Crippen molar-refractivity contribution in [2.24, 2.45) is 0 Å². The lowest BCUT2D eigenvalue weighted by molar-refractivity contribution is -0.112. The van der Waals surface area contributed by atoms with Gasteiger partial charge in [-0.1, -0.05) is 53.6 Å². The molecule has 0 saturated heterocycles. The Morgan fingerprint density at radius 3 is 1.82 bits per heavy atom. The second kappa shape index (κ2) is 8.31. The molecule has 0 aliphatic carbocycles. The normalized spacial score (nSPS) is 14.6. The Morgan fingerprint density at radius 2 is 1.21 bits per heavy atom. The predicted octanol–water partition coefficient (Wildman–Crippen LogP) is 6.44. The van der Waals surface area contributed by atoms with Gasteiger partial charge in [-0.25, -0.2) is 4.90 Å². The maximum absolute atomic E-state index is 13.7.